The van der Waals surface area contributed by atoms with E-state index in [4.69, 9.17) is 9.47 Å². The number of nitrogens with zero attached hydrogens (tertiary/aromatic N) is 3. The van der Waals surface area contributed by atoms with Crippen LogP contribution >= 0.6 is 0 Å². The fourth-order valence-corrected chi connectivity index (χ4v) is 5.01. The van der Waals surface area contributed by atoms with E-state index in [1.54, 1.807) is 7.11 Å². The van der Waals surface area contributed by atoms with Gasteiger partial charge in [0.1, 0.15) is 5.75 Å². The molecule has 0 unspecified atom stereocenters. The molecule has 0 aliphatic carbocycles. The van der Waals surface area contributed by atoms with Crippen LogP contribution < -0.4 is 4.74 Å². The highest BCUT2D eigenvalue weighted by molar-refractivity contribution is 5.85. The highest BCUT2D eigenvalue weighted by Gasteiger charge is 2.43. The first kappa shape index (κ1) is 19.3. The number of fused-ring (bicyclic) bond motifs is 1. The maximum atomic E-state index is 12.9. The average molecular weight is 386 g/mol. The van der Waals surface area contributed by atoms with Gasteiger partial charge < -0.3 is 18.9 Å². The van der Waals surface area contributed by atoms with E-state index in [1.807, 2.05) is 6.07 Å². The normalized spacial score (nSPS) is 20.7. The molecule has 0 radical (unpaired) electrons. The smallest absolute Gasteiger partial charge is 0.224 e. The van der Waals surface area contributed by atoms with E-state index in [2.05, 4.69) is 46.7 Å². The molecular weight excluding hydrogens is 354 g/mol. The number of methoxy groups -OCH3 is 1. The number of rotatable bonds is 4. The molecule has 0 saturated carbocycles. The molecule has 1 aromatic heterocycles. The van der Waals surface area contributed by atoms with E-state index in [1.165, 1.54) is 16.5 Å². The lowest BCUT2D eigenvalue weighted by molar-refractivity contribution is -0.140. The number of aromatic nitrogens is 1. The van der Waals surface area contributed by atoms with Crippen LogP contribution in [0.5, 0.6) is 5.75 Å². The third-order valence-electron chi connectivity index (χ3n) is 6.45. The van der Waals surface area contributed by atoms with Gasteiger partial charge >= 0.3 is 0 Å². The zero-order valence-electron chi connectivity index (χ0n) is 17.2. The van der Waals surface area contributed by atoms with Gasteiger partial charge in [-0.3, -0.25) is 9.69 Å². The Kier molecular flexibility index (Phi) is 5.34. The number of likely N-dealkylation sites (N-methyl/N-ethyl adjacent to an activating group) is 1. The summed E-state index contributed by atoms with van der Waals surface area (Å²) in [6.45, 7) is 6.92. The largest absolute Gasteiger partial charge is 0.497 e. The Morgan fingerprint density at radius 2 is 2.04 bits per heavy atom. The highest BCUT2D eigenvalue weighted by atomic mass is 16.5. The Bertz CT molecular complexity index is 854. The fourth-order valence-electron chi connectivity index (χ4n) is 5.01. The third-order valence-corrected chi connectivity index (χ3v) is 6.45. The Labute approximate surface area is 167 Å². The van der Waals surface area contributed by atoms with Crippen LogP contribution in [0, 0.1) is 0 Å². The number of ether oxygens (including phenoxy) is 2. The van der Waals surface area contributed by atoms with Gasteiger partial charge in [0, 0.05) is 70.0 Å². The predicted octanol–water partition coefficient (Wildman–Crippen LogP) is 2.79. The van der Waals surface area contributed by atoms with Crippen molar-refractivity contribution in [1.82, 2.24) is 14.4 Å². The average Bonchev–Trinajstić information content (AvgIpc) is 2.95. The van der Waals surface area contributed by atoms with Gasteiger partial charge in [0.25, 0.3) is 0 Å². The molecule has 2 aliphatic heterocycles. The molecular formula is C22H31N3O3. The molecule has 2 fully saturated rings. The SMILES string of the molecule is CCN1C(=O)CCN(Cc2cn(C)c3ccc(OC)cc23)CC12CCOCC2. The second kappa shape index (κ2) is 7.76. The summed E-state index contributed by atoms with van der Waals surface area (Å²) in [5, 5.41) is 1.23. The number of hydrogen-bond donors (Lipinski definition) is 0. The monoisotopic (exact) mass is 385 g/mol. The minimum atomic E-state index is -0.0944. The van der Waals surface area contributed by atoms with Gasteiger partial charge in [0.05, 0.1) is 12.6 Å². The summed E-state index contributed by atoms with van der Waals surface area (Å²) in [6, 6.07) is 6.24. The maximum Gasteiger partial charge on any atom is 0.224 e. The zero-order valence-corrected chi connectivity index (χ0v) is 17.2. The Morgan fingerprint density at radius 1 is 1.25 bits per heavy atom. The number of aryl methyl sites for hydroxylation is 1. The van der Waals surface area contributed by atoms with Gasteiger partial charge in [0.15, 0.2) is 0 Å². The molecule has 2 aromatic rings. The van der Waals surface area contributed by atoms with E-state index < -0.39 is 0 Å². The molecule has 1 aromatic carbocycles. The van der Waals surface area contributed by atoms with Crippen molar-refractivity contribution in [2.45, 2.75) is 38.3 Å². The molecule has 28 heavy (non-hydrogen) atoms. The summed E-state index contributed by atoms with van der Waals surface area (Å²) in [6.07, 6.45) is 4.65. The van der Waals surface area contributed by atoms with Gasteiger partial charge in [-0.1, -0.05) is 0 Å². The molecule has 6 nitrogen and oxygen atoms in total. The van der Waals surface area contributed by atoms with Crippen molar-refractivity contribution in [1.29, 1.82) is 0 Å². The topological polar surface area (TPSA) is 46.9 Å². The summed E-state index contributed by atoms with van der Waals surface area (Å²) in [5.41, 5.74) is 2.40. The van der Waals surface area contributed by atoms with Crippen molar-refractivity contribution in [2.75, 3.05) is 40.0 Å². The summed E-state index contributed by atoms with van der Waals surface area (Å²) in [5.74, 6) is 1.16. The van der Waals surface area contributed by atoms with Crippen molar-refractivity contribution < 1.29 is 14.3 Å². The molecule has 2 saturated heterocycles. The number of amides is 1. The van der Waals surface area contributed by atoms with Crippen molar-refractivity contribution >= 4 is 16.8 Å². The number of carbonyl (C=O) groups excluding carboxylic acids is 1. The van der Waals surface area contributed by atoms with Gasteiger partial charge in [-0.2, -0.15) is 0 Å². The van der Waals surface area contributed by atoms with Crippen molar-refractivity contribution in [3.63, 3.8) is 0 Å². The molecule has 1 spiro atoms. The van der Waals surface area contributed by atoms with Crippen LogP contribution in [-0.4, -0.2) is 65.8 Å². The quantitative estimate of drug-likeness (QED) is 0.812. The van der Waals surface area contributed by atoms with Crippen LogP contribution in [0.4, 0.5) is 0 Å². The lowest BCUT2D eigenvalue weighted by atomic mass is 9.87. The molecule has 4 rings (SSSR count). The van der Waals surface area contributed by atoms with Crippen molar-refractivity contribution in [3.05, 3.63) is 30.0 Å². The Morgan fingerprint density at radius 3 is 2.75 bits per heavy atom. The van der Waals surface area contributed by atoms with Crippen LogP contribution in [0.2, 0.25) is 0 Å². The second-order valence-electron chi connectivity index (χ2n) is 8.08. The summed E-state index contributed by atoms with van der Waals surface area (Å²) in [7, 11) is 3.79. The number of benzene rings is 1. The first-order valence-corrected chi connectivity index (χ1v) is 10.3. The summed E-state index contributed by atoms with van der Waals surface area (Å²) >= 11 is 0. The van der Waals surface area contributed by atoms with Gasteiger partial charge in [-0.15, -0.1) is 0 Å². The molecule has 152 valence electrons. The minimum absolute atomic E-state index is 0.0944. The van der Waals surface area contributed by atoms with Gasteiger partial charge in [0.2, 0.25) is 5.91 Å². The third kappa shape index (κ3) is 3.40. The number of carbonyl (C=O) groups is 1. The molecule has 1 amide bonds. The highest BCUT2D eigenvalue weighted by Crippen LogP contribution is 2.33. The van der Waals surface area contributed by atoms with Crippen molar-refractivity contribution in [2.24, 2.45) is 7.05 Å². The molecule has 6 heteroatoms. The summed E-state index contributed by atoms with van der Waals surface area (Å²) < 4.78 is 13.2. The predicted molar refractivity (Wildman–Crippen MR) is 110 cm³/mol. The Balaban J connectivity index is 1.64. The first-order valence-electron chi connectivity index (χ1n) is 10.3. The van der Waals surface area contributed by atoms with Crippen LogP contribution in [0.1, 0.15) is 31.7 Å². The lowest BCUT2D eigenvalue weighted by Crippen LogP contribution is -2.58. The zero-order chi connectivity index (χ0) is 19.7. The van der Waals surface area contributed by atoms with Crippen molar-refractivity contribution in [3.8, 4) is 5.75 Å². The first-order chi connectivity index (χ1) is 13.6. The standard InChI is InChI=1S/C22H31N3O3/c1-4-25-21(26)7-10-24(16-22(25)8-11-28-12-9-22)15-17-14-23(2)20-6-5-18(27-3)13-19(17)20/h5-6,13-14H,4,7-12,15-16H2,1-3H3. The van der Waals surface area contributed by atoms with E-state index in [0.717, 1.165) is 58.0 Å². The van der Waals surface area contributed by atoms with Crippen LogP contribution in [0.15, 0.2) is 24.4 Å². The van der Waals surface area contributed by atoms with E-state index in [0.29, 0.717) is 6.42 Å². The van der Waals surface area contributed by atoms with Crippen LogP contribution in [0.25, 0.3) is 10.9 Å². The molecule has 0 N–H and O–H groups in total. The molecule has 3 heterocycles. The van der Waals surface area contributed by atoms with Gasteiger partial charge in [-0.05, 0) is 43.5 Å². The number of hydrogen-bond acceptors (Lipinski definition) is 4. The Hall–Kier alpha value is -2.05. The summed E-state index contributed by atoms with van der Waals surface area (Å²) in [4.78, 5) is 17.4. The maximum absolute atomic E-state index is 12.9. The van der Waals surface area contributed by atoms with Crippen LogP contribution in [0.3, 0.4) is 0 Å². The second-order valence-corrected chi connectivity index (χ2v) is 8.08. The molecule has 0 atom stereocenters. The fraction of sp³-hybridized carbons (Fsp3) is 0.591. The van der Waals surface area contributed by atoms with E-state index in [-0.39, 0.29) is 11.4 Å². The lowest BCUT2D eigenvalue weighted by Gasteiger charge is -2.46. The molecule has 2 aliphatic rings. The molecule has 0 bridgehead atoms. The van der Waals surface area contributed by atoms with E-state index in [9.17, 15) is 4.79 Å². The van der Waals surface area contributed by atoms with E-state index >= 15 is 0 Å². The minimum Gasteiger partial charge on any atom is -0.497 e. The van der Waals surface area contributed by atoms with Crippen LogP contribution in [-0.2, 0) is 23.1 Å². The van der Waals surface area contributed by atoms with Gasteiger partial charge in [-0.25, -0.2) is 0 Å².